The van der Waals surface area contributed by atoms with Gasteiger partial charge in [0.2, 0.25) is 0 Å². The van der Waals surface area contributed by atoms with Crippen molar-refractivity contribution in [1.29, 1.82) is 0 Å². The number of rotatable bonds is 4. The molecular weight excluding hydrogens is 383 g/mol. The number of carbonyl (C=O) groups excluding carboxylic acids is 1. The molecule has 0 atom stereocenters. The molecule has 0 saturated carbocycles. The summed E-state index contributed by atoms with van der Waals surface area (Å²) in [7, 11) is 0. The van der Waals surface area contributed by atoms with Crippen LogP contribution in [0.2, 0.25) is 10.0 Å². The fourth-order valence-electron chi connectivity index (χ4n) is 2.10. The smallest absolute Gasteiger partial charge is 0.260 e. The summed E-state index contributed by atoms with van der Waals surface area (Å²) in [6.07, 6.45) is 2.03. The monoisotopic (exact) mass is 394 g/mol. The van der Waals surface area contributed by atoms with E-state index in [1.807, 2.05) is 35.9 Å². The molecule has 0 bridgehead atoms. The number of thiazole rings is 1. The summed E-state index contributed by atoms with van der Waals surface area (Å²) >= 11 is 15.2. The first-order valence-electron chi connectivity index (χ1n) is 6.94. The average Bonchev–Trinajstić information content (AvgIpc) is 3.03. The number of nitrogens with zero attached hydrogens (tertiary/aromatic N) is 1. The van der Waals surface area contributed by atoms with Gasteiger partial charge in [0.05, 0.1) is 21.3 Å². The lowest BCUT2D eigenvalue weighted by atomic mass is 10.2. The minimum Gasteiger partial charge on any atom is -0.298 e. The number of hydrogen-bond donors (Lipinski definition) is 1. The Labute approximate surface area is 158 Å². The zero-order valence-corrected chi connectivity index (χ0v) is 15.7. The molecule has 1 N–H and O–H groups in total. The van der Waals surface area contributed by atoms with Gasteiger partial charge in [0.1, 0.15) is 0 Å². The molecule has 3 rings (SSSR count). The first kappa shape index (κ1) is 17.3. The van der Waals surface area contributed by atoms with E-state index in [9.17, 15) is 4.79 Å². The van der Waals surface area contributed by atoms with Crippen LogP contribution in [0.4, 0.5) is 5.13 Å². The van der Waals surface area contributed by atoms with Crippen molar-refractivity contribution >= 4 is 57.3 Å². The van der Waals surface area contributed by atoms with E-state index in [0.29, 0.717) is 15.2 Å². The Kier molecular flexibility index (Phi) is 5.46. The second kappa shape index (κ2) is 7.57. The van der Waals surface area contributed by atoms with Crippen molar-refractivity contribution in [2.75, 3.05) is 11.6 Å². The Morgan fingerprint density at radius 3 is 2.42 bits per heavy atom. The van der Waals surface area contributed by atoms with Gasteiger partial charge >= 0.3 is 0 Å². The summed E-state index contributed by atoms with van der Waals surface area (Å²) in [6, 6.07) is 13.1. The first-order chi connectivity index (χ1) is 11.6. The number of aromatic nitrogens is 1. The number of halogens is 2. The minimum atomic E-state index is -0.371. The third-order valence-electron chi connectivity index (χ3n) is 3.30. The molecule has 0 aliphatic carbocycles. The van der Waals surface area contributed by atoms with Crippen LogP contribution < -0.4 is 5.32 Å². The standard InChI is InChI=1S/C17H12Cl2N2OS2/c1-23-11-7-5-10(6-8-11)14-9-24-17(20-14)21-16(22)15-12(18)3-2-4-13(15)19/h2-9H,1H3,(H,20,21,22). The van der Waals surface area contributed by atoms with Gasteiger partial charge in [0.25, 0.3) is 5.91 Å². The summed E-state index contributed by atoms with van der Waals surface area (Å²) in [5.41, 5.74) is 2.07. The summed E-state index contributed by atoms with van der Waals surface area (Å²) in [5.74, 6) is -0.371. The van der Waals surface area contributed by atoms with Crippen molar-refractivity contribution in [3.05, 3.63) is 63.5 Å². The summed E-state index contributed by atoms with van der Waals surface area (Å²) in [6.45, 7) is 0. The van der Waals surface area contributed by atoms with Gasteiger partial charge in [-0.15, -0.1) is 23.1 Å². The molecule has 122 valence electrons. The molecule has 0 saturated heterocycles. The van der Waals surface area contributed by atoms with Crippen molar-refractivity contribution in [3.63, 3.8) is 0 Å². The van der Waals surface area contributed by atoms with Crippen LogP contribution in [0.15, 0.2) is 52.7 Å². The molecule has 3 nitrogen and oxygen atoms in total. The Balaban J connectivity index is 1.79. The highest BCUT2D eigenvalue weighted by molar-refractivity contribution is 7.98. The molecule has 3 aromatic rings. The van der Waals surface area contributed by atoms with E-state index >= 15 is 0 Å². The third kappa shape index (κ3) is 3.75. The van der Waals surface area contributed by atoms with Gasteiger partial charge < -0.3 is 0 Å². The molecule has 0 spiro atoms. The second-order valence-electron chi connectivity index (χ2n) is 4.82. The largest absolute Gasteiger partial charge is 0.298 e. The van der Waals surface area contributed by atoms with Crippen molar-refractivity contribution in [2.45, 2.75) is 4.90 Å². The molecule has 1 amide bonds. The quantitative estimate of drug-likeness (QED) is 0.544. The van der Waals surface area contributed by atoms with Crippen LogP contribution in [0.3, 0.4) is 0 Å². The van der Waals surface area contributed by atoms with Gasteiger partial charge in [0, 0.05) is 15.8 Å². The van der Waals surface area contributed by atoms with E-state index in [2.05, 4.69) is 10.3 Å². The summed E-state index contributed by atoms with van der Waals surface area (Å²) < 4.78 is 0. The Morgan fingerprint density at radius 1 is 1.12 bits per heavy atom. The number of carbonyl (C=O) groups is 1. The lowest BCUT2D eigenvalue weighted by Crippen LogP contribution is -2.12. The van der Waals surface area contributed by atoms with E-state index in [0.717, 1.165) is 11.3 Å². The van der Waals surface area contributed by atoms with Gasteiger partial charge in [-0.3, -0.25) is 10.1 Å². The van der Waals surface area contributed by atoms with Crippen LogP contribution >= 0.6 is 46.3 Å². The van der Waals surface area contributed by atoms with Gasteiger partial charge in [0.15, 0.2) is 5.13 Å². The topological polar surface area (TPSA) is 42.0 Å². The lowest BCUT2D eigenvalue weighted by molar-refractivity contribution is 0.102. The number of anilines is 1. The van der Waals surface area contributed by atoms with E-state index < -0.39 is 0 Å². The van der Waals surface area contributed by atoms with Gasteiger partial charge in [-0.2, -0.15) is 0 Å². The van der Waals surface area contributed by atoms with Crippen LogP contribution in [0, 0.1) is 0 Å². The maximum atomic E-state index is 12.4. The second-order valence-corrected chi connectivity index (χ2v) is 7.37. The van der Waals surface area contributed by atoms with E-state index in [4.69, 9.17) is 23.2 Å². The molecule has 1 aromatic heterocycles. The van der Waals surface area contributed by atoms with Gasteiger partial charge in [-0.25, -0.2) is 4.98 Å². The van der Waals surface area contributed by atoms with E-state index in [1.54, 1.807) is 30.0 Å². The third-order valence-corrected chi connectivity index (χ3v) is 5.43. The van der Waals surface area contributed by atoms with Crippen molar-refractivity contribution in [1.82, 2.24) is 4.98 Å². The van der Waals surface area contributed by atoms with Crippen LogP contribution in [0.1, 0.15) is 10.4 Å². The van der Waals surface area contributed by atoms with Gasteiger partial charge in [-0.05, 0) is 30.5 Å². The summed E-state index contributed by atoms with van der Waals surface area (Å²) in [5, 5.41) is 5.77. The highest BCUT2D eigenvalue weighted by Gasteiger charge is 2.16. The van der Waals surface area contributed by atoms with Crippen LogP contribution in [0.5, 0.6) is 0 Å². The molecule has 2 aromatic carbocycles. The molecular formula is C17H12Cl2N2OS2. The molecule has 7 heteroatoms. The van der Waals surface area contributed by atoms with Crippen LogP contribution in [0.25, 0.3) is 11.3 Å². The Morgan fingerprint density at radius 2 is 1.79 bits per heavy atom. The minimum absolute atomic E-state index is 0.252. The zero-order chi connectivity index (χ0) is 17.1. The molecule has 0 aliphatic rings. The average molecular weight is 395 g/mol. The Hall–Kier alpha value is -1.53. The predicted octanol–water partition coefficient (Wildman–Crippen LogP) is 6.09. The van der Waals surface area contributed by atoms with E-state index in [-0.39, 0.29) is 11.5 Å². The molecule has 0 radical (unpaired) electrons. The SMILES string of the molecule is CSc1ccc(-c2csc(NC(=O)c3c(Cl)cccc3Cl)n2)cc1. The number of benzene rings is 2. The molecule has 0 fully saturated rings. The lowest BCUT2D eigenvalue weighted by Gasteiger charge is -2.06. The van der Waals surface area contributed by atoms with E-state index in [1.165, 1.54) is 16.2 Å². The number of hydrogen-bond acceptors (Lipinski definition) is 4. The maximum Gasteiger partial charge on any atom is 0.260 e. The number of thioether (sulfide) groups is 1. The summed E-state index contributed by atoms with van der Waals surface area (Å²) in [4.78, 5) is 18.0. The molecule has 0 unspecified atom stereocenters. The highest BCUT2D eigenvalue weighted by Crippen LogP contribution is 2.29. The highest BCUT2D eigenvalue weighted by atomic mass is 35.5. The maximum absolute atomic E-state index is 12.4. The number of nitrogens with one attached hydrogen (secondary N) is 1. The van der Waals surface area contributed by atoms with Crippen LogP contribution in [-0.4, -0.2) is 17.1 Å². The zero-order valence-electron chi connectivity index (χ0n) is 12.5. The van der Waals surface area contributed by atoms with Crippen LogP contribution in [-0.2, 0) is 0 Å². The Bertz CT molecular complexity index is 858. The molecule has 24 heavy (non-hydrogen) atoms. The predicted molar refractivity (Wildman–Crippen MR) is 104 cm³/mol. The molecule has 1 heterocycles. The van der Waals surface area contributed by atoms with Gasteiger partial charge in [-0.1, -0.05) is 41.4 Å². The number of amides is 1. The van der Waals surface area contributed by atoms with Crippen molar-refractivity contribution in [3.8, 4) is 11.3 Å². The van der Waals surface area contributed by atoms with Crippen molar-refractivity contribution in [2.24, 2.45) is 0 Å². The first-order valence-corrected chi connectivity index (χ1v) is 9.80. The fourth-order valence-corrected chi connectivity index (χ4v) is 3.79. The van der Waals surface area contributed by atoms with Crippen molar-refractivity contribution < 1.29 is 4.79 Å². The fraction of sp³-hybridized carbons (Fsp3) is 0.0588. The molecule has 0 aliphatic heterocycles. The normalized spacial score (nSPS) is 10.6.